The third kappa shape index (κ3) is 4.40. The van der Waals surface area contributed by atoms with Gasteiger partial charge in [-0.3, -0.25) is 0 Å². The monoisotopic (exact) mass is 201 g/mol. The minimum absolute atomic E-state index is 0.157. The molecule has 0 aliphatic heterocycles. The molecular weight excluding hydrogens is 178 g/mol. The first-order valence-corrected chi connectivity index (χ1v) is 5.79. The summed E-state index contributed by atoms with van der Waals surface area (Å²) >= 11 is 0. The molecule has 0 aromatic rings. The molecule has 0 aromatic heterocycles. The Labute approximate surface area is 86.5 Å². The molecule has 1 aliphatic carbocycles. The zero-order valence-corrected chi connectivity index (χ0v) is 9.08. The lowest BCUT2D eigenvalue weighted by molar-refractivity contribution is 0.0901. The van der Waals surface area contributed by atoms with Crippen LogP contribution in [-0.2, 0) is 0 Å². The number of hydrogen-bond donors (Lipinski definition) is 3. The van der Waals surface area contributed by atoms with Gasteiger partial charge in [-0.05, 0) is 39.2 Å². The van der Waals surface area contributed by atoms with Crippen LogP contribution in [0.15, 0.2) is 0 Å². The number of aliphatic hydroxyl groups excluding tert-OH is 2. The fourth-order valence-corrected chi connectivity index (χ4v) is 2.03. The molecule has 0 saturated heterocycles. The fourth-order valence-electron chi connectivity index (χ4n) is 2.03. The van der Waals surface area contributed by atoms with Crippen molar-refractivity contribution in [1.29, 1.82) is 0 Å². The molecule has 1 fully saturated rings. The van der Waals surface area contributed by atoms with Gasteiger partial charge in [-0.25, -0.2) is 0 Å². The average Bonchev–Trinajstić information content (AvgIpc) is 2.15. The Morgan fingerprint density at radius 3 is 2.71 bits per heavy atom. The fraction of sp³-hybridized carbons (Fsp3) is 1.00. The normalized spacial score (nSPS) is 30.2. The van der Waals surface area contributed by atoms with E-state index in [1.165, 1.54) is 6.42 Å². The summed E-state index contributed by atoms with van der Waals surface area (Å²) in [5.41, 5.74) is 0. The van der Waals surface area contributed by atoms with Gasteiger partial charge in [0.2, 0.25) is 0 Å². The van der Waals surface area contributed by atoms with E-state index in [-0.39, 0.29) is 18.2 Å². The van der Waals surface area contributed by atoms with Gasteiger partial charge in [0.25, 0.3) is 0 Å². The maximum atomic E-state index is 9.67. The first kappa shape index (κ1) is 12.0. The average molecular weight is 201 g/mol. The van der Waals surface area contributed by atoms with E-state index in [1.807, 2.05) is 6.92 Å². The van der Waals surface area contributed by atoms with E-state index in [0.717, 1.165) is 38.6 Å². The molecule has 3 nitrogen and oxygen atoms in total. The molecule has 14 heavy (non-hydrogen) atoms. The lowest BCUT2D eigenvalue weighted by atomic mass is 9.92. The molecule has 1 aliphatic rings. The molecule has 1 rings (SSSR count). The number of nitrogens with one attached hydrogen (secondary N) is 1. The van der Waals surface area contributed by atoms with Crippen molar-refractivity contribution < 1.29 is 10.2 Å². The zero-order chi connectivity index (χ0) is 10.4. The molecule has 1 unspecified atom stereocenters. The predicted octanol–water partition coefficient (Wildman–Crippen LogP) is 1.04. The van der Waals surface area contributed by atoms with Gasteiger partial charge in [0.1, 0.15) is 0 Å². The predicted molar refractivity (Wildman–Crippen MR) is 57.2 cm³/mol. The second-order valence-electron chi connectivity index (χ2n) is 4.40. The van der Waals surface area contributed by atoms with Crippen molar-refractivity contribution in [3.05, 3.63) is 0 Å². The van der Waals surface area contributed by atoms with E-state index in [9.17, 15) is 5.11 Å². The molecule has 0 radical (unpaired) electrons. The van der Waals surface area contributed by atoms with Crippen LogP contribution >= 0.6 is 0 Å². The van der Waals surface area contributed by atoms with Gasteiger partial charge in [0.15, 0.2) is 0 Å². The molecule has 0 bridgehead atoms. The van der Waals surface area contributed by atoms with Gasteiger partial charge in [-0.1, -0.05) is 12.8 Å². The van der Waals surface area contributed by atoms with Crippen LogP contribution in [0.3, 0.4) is 0 Å². The van der Waals surface area contributed by atoms with E-state index in [4.69, 9.17) is 5.11 Å². The van der Waals surface area contributed by atoms with Gasteiger partial charge < -0.3 is 15.5 Å². The molecule has 3 N–H and O–H groups in total. The highest BCUT2D eigenvalue weighted by atomic mass is 16.3. The van der Waals surface area contributed by atoms with E-state index >= 15 is 0 Å². The molecule has 1 saturated carbocycles. The van der Waals surface area contributed by atoms with Crippen LogP contribution in [0, 0.1) is 0 Å². The third-order valence-corrected chi connectivity index (χ3v) is 2.93. The van der Waals surface area contributed by atoms with Crippen LogP contribution in [-0.4, -0.2) is 35.0 Å². The molecule has 84 valence electrons. The standard InChI is InChI=1S/C11H23NO2/c1-9(13)5-4-8-12-10-6-2-3-7-11(10)14/h9-14H,2-8H2,1H3/t9?,10-,11-/m1/s1. The summed E-state index contributed by atoms with van der Waals surface area (Å²) in [5, 5.41) is 22.1. The second kappa shape index (κ2) is 6.38. The highest BCUT2D eigenvalue weighted by Gasteiger charge is 2.21. The van der Waals surface area contributed by atoms with E-state index in [1.54, 1.807) is 0 Å². The zero-order valence-electron chi connectivity index (χ0n) is 9.08. The summed E-state index contributed by atoms with van der Waals surface area (Å²) in [6, 6.07) is 0.290. The molecule has 0 aromatic carbocycles. The summed E-state index contributed by atoms with van der Waals surface area (Å²) in [6.07, 6.45) is 5.89. The maximum absolute atomic E-state index is 9.67. The SMILES string of the molecule is CC(O)CCCN[C@@H]1CCCC[C@H]1O. The van der Waals surface area contributed by atoms with Gasteiger partial charge in [0, 0.05) is 6.04 Å². The highest BCUT2D eigenvalue weighted by Crippen LogP contribution is 2.18. The molecule has 3 heteroatoms. The van der Waals surface area contributed by atoms with Crippen molar-refractivity contribution in [1.82, 2.24) is 5.32 Å². The van der Waals surface area contributed by atoms with Gasteiger partial charge in [-0.2, -0.15) is 0 Å². The van der Waals surface area contributed by atoms with Crippen LogP contribution in [0.2, 0.25) is 0 Å². The summed E-state index contributed by atoms with van der Waals surface area (Å²) in [4.78, 5) is 0. The quantitative estimate of drug-likeness (QED) is 0.583. The highest BCUT2D eigenvalue weighted by molar-refractivity contribution is 4.80. The Balaban J connectivity index is 2.04. The number of rotatable bonds is 5. The minimum atomic E-state index is -0.201. The summed E-state index contributed by atoms with van der Waals surface area (Å²) < 4.78 is 0. The van der Waals surface area contributed by atoms with Crippen molar-refractivity contribution in [2.45, 2.75) is 63.7 Å². The Kier molecular flexibility index (Phi) is 5.45. The number of aliphatic hydroxyl groups is 2. The van der Waals surface area contributed by atoms with Crippen molar-refractivity contribution in [3.8, 4) is 0 Å². The van der Waals surface area contributed by atoms with Crippen molar-refractivity contribution >= 4 is 0 Å². The smallest absolute Gasteiger partial charge is 0.0693 e. The molecular formula is C11H23NO2. The second-order valence-corrected chi connectivity index (χ2v) is 4.40. The topological polar surface area (TPSA) is 52.5 Å². The van der Waals surface area contributed by atoms with Crippen molar-refractivity contribution in [2.24, 2.45) is 0 Å². The van der Waals surface area contributed by atoms with E-state index in [0.29, 0.717) is 0 Å². The Hall–Kier alpha value is -0.120. The van der Waals surface area contributed by atoms with E-state index in [2.05, 4.69) is 5.32 Å². The lowest BCUT2D eigenvalue weighted by Gasteiger charge is -2.28. The Morgan fingerprint density at radius 1 is 1.36 bits per heavy atom. The first-order valence-electron chi connectivity index (χ1n) is 5.79. The van der Waals surface area contributed by atoms with Gasteiger partial charge >= 0.3 is 0 Å². The van der Waals surface area contributed by atoms with Crippen molar-refractivity contribution in [2.75, 3.05) is 6.54 Å². The van der Waals surface area contributed by atoms with Crippen LogP contribution in [0.4, 0.5) is 0 Å². The summed E-state index contributed by atoms with van der Waals surface area (Å²) in [6.45, 7) is 2.72. The molecule has 0 amide bonds. The van der Waals surface area contributed by atoms with E-state index < -0.39 is 0 Å². The lowest BCUT2D eigenvalue weighted by Crippen LogP contribution is -2.42. The maximum Gasteiger partial charge on any atom is 0.0693 e. The number of hydrogen-bond acceptors (Lipinski definition) is 3. The first-order chi connectivity index (χ1) is 6.70. The largest absolute Gasteiger partial charge is 0.393 e. The summed E-state index contributed by atoms with van der Waals surface area (Å²) in [5.74, 6) is 0. The molecule has 0 spiro atoms. The third-order valence-electron chi connectivity index (χ3n) is 2.93. The van der Waals surface area contributed by atoms with Gasteiger partial charge in [-0.15, -0.1) is 0 Å². The van der Waals surface area contributed by atoms with Crippen LogP contribution in [0.25, 0.3) is 0 Å². The van der Waals surface area contributed by atoms with Crippen LogP contribution in [0.1, 0.15) is 45.4 Å². The molecule has 0 heterocycles. The van der Waals surface area contributed by atoms with Gasteiger partial charge in [0.05, 0.1) is 12.2 Å². The van der Waals surface area contributed by atoms with Crippen molar-refractivity contribution in [3.63, 3.8) is 0 Å². The minimum Gasteiger partial charge on any atom is -0.393 e. The van der Waals surface area contributed by atoms with Crippen LogP contribution < -0.4 is 5.32 Å². The Morgan fingerprint density at radius 2 is 2.07 bits per heavy atom. The summed E-state index contributed by atoms with van der Waals surface area (Å²) in [7, 11) is 0. The molecule has 3 atom stereocenters. The van der Waals surface area contributed by atoms with Crippen LogP contribution in [0.5, 0.6) is 0 Å². The Bertz CT molecular complexity index is 150.